The summed E-state index contributed by atoms with van der Waals surface area (Å²) in [5, 5.41) is 2.85. The van der Waals surface area contributed by atoms with Gasteiger partial charge in [0, 0.05) is 19.4 Å². The number of fused-ring (bicyclic) bond motifs is 1. The summed E-state index contributed by atoms with van der Waals surface area (Å²) >= 11 is 0. The Morgan fingerprint density at radius 1 is 1.19 bits per heavy atom. The van der Waals surface area contributed by atoms with Crippen LogP contribution in [0.3, 0.4) is 0 Å². The van der Waals surface area contributed by atoms with E-state index in [4.69, 9.17) is 9.47 Å². The lowest BCUT2D eigenvalue weighted by atomic mass is 10.1. The van der Waals surface area contributed by atoms with Crippen molar-refractivity contribution in [3.63, 3.8) is 0 Å². The molecule has 142 valence electrons. The van der Waals surface area contributed by atoms with Crippen LogP contribution in [-0.4, -0.2) is 31.6 Å². The minimum Gasteiger partial charge on any atom is -0.497 e. The first kappa shape index (κ1) is 18.8. The van der Waals surface area contributed by atoms with Gasteiger partial charge in [0.2, 0.25) is 11.8 Å². The lowest BCUT2D eigenvalue weighted by Gasteiger charge is -2.33. The first-order valence-corrected chi connectivity index (χ1v) is 9.02. The van der Waals surface area contributed by atoms with E-state index in [0.717, 1.165) is 17.0 Å². The molecule has 0 saturated heterocycles. The lowest BCUT2D eigenvalue weighted by Crippen LogP contribution is -2.42. The van der Waals surface area contributed by atoms with Gasteiger partial charge in [-0.1, -0.05) is 24.3 Å². The molecule has 1 heterocycles. The Labute approximate surface area is 159 Å². The van der Waals surface area contributed by atoms with Crippen molar-refractivity contribution < 1.29 is 19.1 Å². The predicted molar refractivity (Wildman–Crippen MR) is 103 cm³/mol. The van der Waals surface area contributed by atoms with Gasteiger partial charge in [-0.3, -0.25) is 9.59 Å². The van der Waals surface area contributed by atoms with Gasteiger partial charge < -0.3 is 19.7 Å². The highest BCUT2D eigenvalue weighted by Crippen LogP contribution is 2.33. The molecular formula is C21H24N2O4. The number of nitrogens with zero attached hydrogens (tertiary/aromatic N) is 1. The van der Waals surface area contributed by atoms with Crippen LogP contribution in [0.1, 0.15) is 25.3 Å². The first-order chi connectivity index (χ1) is 13.1. The molecule has 0 bridgehead atoms. The number of rotatable bonds is 6. The third kappa shape index (κ3) is 4.78. The number of benzene rings is 2. The topological polar surface area (TPSA) is 67.9 Å². The summed E-state index contributed by atoms with van der Waals surface area (Å²) in [6.07, 6.45) is 0.229. The summed E-state index contributed by atoms with van der Waals surface area (Å²) in [5.41, 5.74) is 1.71. The van der Waals surface area contributed by atoms with Gasteiger partial charge in [0.1, 0.15) is 17.6 Å². The van der Waals surface area contributed by atoms with E-state index in [9.17, 15) is 9.59 Å². The average molecular weight is 368 g/mol. The van der Waals surface area contributed by atoms with Crippen LogP contribution in [0.25, 0.3) is 0 Å². The molecule has 0 spiro atoms. The average Bonchev–Trinajstić information content (AvgIpc) is 2.69. The van der Waals surface area contributed by atoms with E-state index >= 15 is 0 Å². The quantitative estimate of drug-likeness (QED) is 0.851. The van der Waals surface area contributed by atoms with Crippen molar-refractivity contribution in [2.75, 3.05) is 18.6 Å². The van der Waals surface area contributed by atoms with Gasteiger partial charge in [0.25, 0.3) is 0 Å². The van der Waals surface area contributed by atoms with E-state index in [0.29, 0.717) is 18.8 Å². The van der Waals surface area contributed by atoms with Crippen LogP contribution in [0.15, 0.2) is 48.5 Å². The normalized spacial score (nSPS) is 15.5. The summed E-state index contributed by atoms with van der Waals surface area (Å²) in [6.45, 7) is 2.82. The molecule has 3 rings (SSSR count). The van der Waals surface area contributed by atoms with E-state index in [1.165, 1.54) is 0 Å². The molecular weight excluding hydrogens is 344 g/mol. The first-order valence-electron chi connectivity index (χ1n) is 9.02. The zero-order valence-electron chi connectivity index (χ0n) is 15.6. The summed E-state index contributed by atoms with van der Waals surface area (Å²) in [5.74, 6) is 1.22. The second-order valence-corrected chi connectivity index (χ2v) is 6.53. The maximum atomic E-state index is 12.6. The van der Waals surface area contributed by atoms with Crippen LogP contribution in [0.5, 0.6) is 11.5 Å². The van der Waals surface area contributed by atoms with Gasteiger partial charge in [0.15, 0.2) is 0 Å². The number of methoxy groups -OCH3 is 1. The number of nitrogens with one attached hydrogen (secondary N) is 1. The molecule has 6 nitrogen and oxygen atoms in total. The number of carbonyl (C=O) groups is 2. The van der Waals surface area contributed by atoms with Gasteiger partial charge in [0.05, 0.1) is 19.3 Å². The molecule has 1 atom stereocenters. The Morgan fingerprint density at radius 2 is 2.00 bits per heavy atom. The summed E-state index contributed by atoms with van der Waals surface area (Å²) in [4.78, 5) is 26.5. The molecule has 2 aromatic rings. The van der Waals surface area contributed by atoms with E-state index in [1.54, 1.807) is 12.0 Å². The number of carbonyl (C=O) groups excluding carboxylic acids is 2. The highest BCUT2D eigenvalue weighted by molar-refractivity contribution is 5.97. The zero-order chi connectivity index (χ0) is 19.2. The Morgan fingerprint density at radius 3 is 2.81 bits per heavy atom. The Kier molecular flexibility index (Phi) is 5.96. The van der Waals surface area contributed by atoms with Crippen LogP contribution in [0.4, 0.5) is 5.69 Å². The fraction of sp³-hybridized carbons (Fsp3) is 0.333. The maximum Gasteiger partial charge on any atom is 0.227 e. The Balaban J connectivity index is 1.52. The molecule has 2 aromatic carbocycles. The molecule has 2 amide bonds. The fourth-order valence-corrected chi connectivity index (χ4v) is 3.05. The van der Waals surface area contributed by atoms with E-state index in [-0.39, 0.29) is 30.8 Å². The van der Waals surface area contributed by atoms with Crippen LogP contribution in [0.2, 0.25) is 0 Å². The predicted octanol–water partition coefficient (Wildman–Crippen LogP) is 2.91. The largest absolute Gasteiger partial charge is 0.497 e. The zero-order valence-corrected chi connectivity index (χ0v) is 15.6. The SMILES string of the molecule is COc1cccc(CNC(=O)CCC(=O)N2CC(C)Oc3ccccc32)c1. The molecule has 1 aliphatic heterocycles. The van der Waals surface area contributed by atoms with Crippen molar-refractivity contribution in [3.8, 4) is 11.5 Å². The van der Waals surface area contributed by atoms with Crippen LogP contribution < -0.4 is 19.7 Å². The van der Waals surface area contributed by atoms with E-state index < -0.39 is 0 Å². The number of anilines is 1. The third-order valence-corrected chi connectivity index (χ3v) is 4.41. The standard InChI is InChI=1S/C21H24N2O4/c1-15-14-23(18-8-3-4-9-19(18)27-15)21(25)11-10-20(24)22-13-16-6-5-7-17(12-16)26-2/h3-9,12,15H,10-11,13-14H2,1-2H3,(H,22,24). The molecule has 1 aliphatic rings. The van der Waals surface area contributed by atoms with Gasteiger partial charge in [-0.25, -0.2) is 0 Å². The number of amides is 2. The lowest BCUT2D eigenvalue weighted by molar-refractivity contribution is -0.125. The van der Waals surface area contributed by atoms with Crippen molar-refractivity contribution in [2.24, 2.45) is 0 Å². The fourth-order valence-electron chi connectivity index (χ4n) is 3.05. The van der Waals surface area contributed by atoms with Crippen molar-refractivity contribution in [1.29, 1.82) is 0 Å². The van der Waals surface area contributed by atoms with E-state index in [2.05, 4.69) is 5.32 Å². The molecule has 0 radical (unpaired) electrons. The van der Waals surface area contributed by atoms with Crippen LogP contribution >= 0.6 is 0 Å². The van der Waals surface area contributed by atoms with Gasteiger partial charge in [-0.15, -0.1) is 0 Å². The smallest absolute Gasteiger partial charge is 0.227 e. The maximum absolute atomic E-state index is 12.6. The minimum absolute atomic E-state index is 0.0749. The second kappa shape index (κ2) is 8.58. The summed E-state index contributed by atoms with van der Waals surface area (Å²) < 4.78 is 10.9. The second-order valence-electron chi connectivity index (χ2n) is 6.53. The van der Waals surface area contributed by atoms with Gasteiger partial charge >= 0.3 is 0 Å². The van der Waals surface area contributed by atoms with Crippen molar-refractivity contribution in [2.45, 2.75) is 32.4 Å². The molecule has 0 saturated carbocycles. The van der Waals surface area contributed by atoms with E-state index in [1.807, 2.05) is 55.5 Å². The number of hydrogen-bond acceptors (Lipinski definition) is 4. The van der Waals surface area contributed by atoms with Crippen molar-refractivity contribution in [3.05, 3.63) is 54.1 Å². The highest BCUT2D eigenvalue weighted by atomic mass is 16.5. The van der Waals surface area contributed by atoms with Crippen molar-refractivity contribution in [1.82, 2.24) is 5.32 Å². The highest BCUT2D eigenvalue weighted by Gasteiger charge is 2.27. The molecule has 0 aliphatic carbocycles. The minimum atomic E-state index is -0.152. The number of hydrogen-bond donors (Lipinski definition) is 1. The molecule has 6 heteroatoms. The van der Waals surface area contributed by atoms with Crippen LogP contribution in [0, 0.1) is 0 Å². The number of para-hydroxylation sites is 2. The molecule has 27 heavy (non-hydrogen) atoms. The van der Waals surface area contributed by atoms with Gasteiger partial charge in [-0.2, -0.15) is 0 Å². The molecule has 0 aromatic heterocycles. The number of ether oxygens (including phenoxy) is 2. The third-order valence-electron chi connectivity index (χ3n) is 4.41. The summed E-state index contributed by atoms with van der Waals surface area (Å²) in [6, 6.07) is 15.0. The summed E-state index contributed by atoms with van der Waals surface area (Å²) in [7, 11) is 1.61. The van der Waals surface area contributed by atoms with Gasteiger partial charge in [-0.05, 0) is 36.8 Å². The van der Waals surface area contributed by atoms with Crippen molar-refractivity contribution >= 4 is 17.5 Å². The Bertz CT molecular complexity index is 821. The molecule has 0 fully saturated rings. The monoisotopic (exact) mass is 368 g/mol. The molecule has 1 unspecified atom stereocenters. The molecule has 1 N–H and O–H groups in total. The Hall–Kier alpha value is -3.02. The van der Waals surface area contributed by atoms with Crippen LogP contribution in [-0.2, 0) is 16.1 Å².